The minimum Gasteiger partial charge on any atom is -0.337 e. The zero-order valence-electron chi connectivity index (χ0n) is 15.0. The normalized spacial score (nSPS) is 11.2. The molecule has 0 saturated carbocycles. The van der Waals surface area contributed by atoms with Crippen molar-refractivity contribution >= 4 is 51.4 Å². The molecule has 0 bridgehead atoms. The lowest BCUT2D eigenvalue weighted by atomic mass is 10.2. The van der Waals surface area contributed by atoms with Crippen molar-refractivity contribution in [2.45, 2.75) is 51.0 Å². The first-order chi connectivity index (χ1) is 11.8. The third-order valence-electron chi connectivity index (χ3n) is 3.64. The molecule has 5 nitrogen and oxygen atoms in total. The monoisotopic (exact) mass is 398 g/mol. The number of thioether (sulfide) groups is 1. The summed E-state index contributed by atoms with van der Waals surface area (Å²) in [7, 11) is 0. The van der Waals surface area contributed by atoms with Crippen LogP contribution in [0.15, 0.2) is 22.5 Å². The lowest BCUT2D eigenvalue weighted by Crippen LogP contribution is -2.43. The number of amides is 1. The molecular weight excluding hydrogens is 376 g/mol. The van der Waals surface area contributed by atoms with Crippen molar-refractivity contribution in [3.63, 3.8) is 0 Å². The van der Waals surface area contributed by atoms with Crippen LogP contribution in [0.2, 0.25) is 5.02 Å². The molecule has 1 N–H and O–H groups in total. The van der Waals surface area contributed by atoms with Gasteiger partial charge in [0.25, 0.3) is 0 Å². The minimum absolute atomic E-state index is 0.116. The molecule has 0 aliphatic carbocycles. The summed E-state index contributed by atoms with van der Waals surface area (Å²) in [5.74, 6) is 0.478. The van der Waals surface area contributed by atoms with Gasteiger partial charge in [0.1, 0.15) is 0 Å². The highest BCUT2D eigenvalue weighted by atomic mass is 35.5. The Bertz CT molecular complexity index is 725. The number of benzene rings is 1. The van der Waals surface area contributed by atoms with E-state index in [1.54, 1.807) is 0 Å². The zero-order valence-corrected chi connectivity index (χ0v) is 17.4. The smallest absolute Gasteiger partial charge is 0.233 e. The van der Waals surface area contributed by atoms with Gasteiger partial charge in [-0.25, -0.2) is 0 Å². The summed E-state index contributed by atoms with van der Waals surface area (Å²) in [5, 5.41) is 12.9. The fourth-order valence-corrected chi connectivity index (χ4v) is 4.36. The van der Waals surface area contributed by atoms with E-state index in [0.717, 1.165) is 15.6 Å². The highest BCUT2D eigenvalue weighted by molar-refractivity contribution is 8.01. The van der Waals surface area contributed by atoms with Crippen LogP contribution in [0.5, 0.6) is 0 Å². The van der Waals surface area contributed by atoms with Crippen LogP contribution in [-0.2, 0) is 4.79 Å². The van der Waals surface area contributed by atoms with Gasteiger partial charge in [-0.15, -0.1) is 10.2 Å². The highest BCUT2D eigenvalue weighted by Gasteiger charge is 2.20. The quantitative estimate of drug-likeness (QED) is 0.666. The topological polar surface area (TPSA) is 58.1 Å². The van der Waals surface area contributed by atoms with Crippen molar-refractivity contribution in [1.82, 2.24) is 15.1 Å². The first-order valence-corrected chi connectivity index (χ1v) is 10.3. The van der Waals surface area contributed by atoms with Crippen molar-refractivity contribution in [2.24, 2.45) is 0 Å². The molecule has 0 saturated heterocycles. The van der Waals surface area contributed by atoms with Crippen molar-refractivity contribution in [3.8, 4) is 0 Å². The molecule has 0 spiro atoms. The molecule has 2 rings (SSSR count). The fourth-order valence-electron chi connectivity index (χ4n) is 2.55. The van der Waals surface area contributed by atoms with E-state index >= 15 is 0 Å². The average Bonchev–Trinajstić information content (AvgIpc) is 2.97. The predicted molar refractivity (Wildman–Crippen MR) is 107 cm³/mol. The Morgan fingerprint density at radius 2 is 1.96 bits per heavy atom. The molecule has 1 aromatic carbocycles. The van der Waals surface area contributed by atoms with E-state index in [1.807, 2.05) is 57.7 Å². The molecule has 1 heterocycles. The fraction of sp³-hybridized carbons (Fsp3) is 0.471. The van der Waals surface area contributed by atoms with Gasteiger partial charge in [-0.1, -0.05) is 40.8 Å². The molecule has 0 aliphatic rings. The third kappa shape index (κ3) is 5.33. The SMILES string of the molecule is Cc1c(Cl)cccc1Nc1nnc(SCC(=O)N(C(C)C)C(C)C)s1. The Hall–Kier alpha value is -1.31. The van der Waals surface area contributed by atoms with Gasteiger partial charge in [0, 0.05) is 22.8 Å². The molecule has 2 aromatic rings. The van der Waals surface area contributed by atoms with E-state index in [0.29, 0.717) is 15.9 Å². The van der Waals surface area contributed by atoms with Crippen molar-refractivity contribution < 1.29 is 4.79 Å². The molecule has 1 aromatic heterocycles. The zero-order chi connectivity index (χ0) is 18.6. The van der Waals surface area contributed by atoms with Crippen molar-refractivity contribution in [1.29, 1.82) is 0 Å². The highest BCUT2D eigenvalue weighted by Crippen LogP contribution is 2.30. The minimum atomic E-state index is 0.116. The second-order valence-electron chi connectivity index (χ2n) is 6.19. The van der Waals surface area contributed by atoms with Crippen LogP contribution in [0.1, 0.15) is 33.3 Å². The molecule has 25 heavy (non-hydrogen) atoms. The van der Waals surface area contributed by atoms with Crippen LogP contribution in [-0.4, -0.2) is 38.8 Å². The maximum absolute atomic E-state index is 12.4. The Morgan fingerprint density at radius 1 is 1.28 bits per heavy atom. The van der Waals surface area contributed by atoms with Gasteiger partial charge in [-0.3, -0.25) is 4.79 Å². The standard InChI is InChI=1S/C17H23ClN4OS2/c1-10(2)22(11(3)4)15(23)9-24-17-21-20-16(25-17)19-14-8-6-7-13(18)12(14)5/h6-8,10-11H,9H2,1-5H3,(H,19,20). The van der Waals surface area contributed by atoms with Gasteiger partial charge in [-0.05, 0) is 52.3 Å². The predicted octanol–water partition coefficient (Wildman–Crippen LogP) is 4.98. The molecule has 0 atom stereocenters. The molecule has 0 aliphatic heterocycles. The number of rotatable bonds is 7. The molecule has 136 valence electrons. The third-order valence-corrected chi connectivity index (χ3v) is 6.00. The van der Waals surface area contributed by atoms with Gasteiger partial charge < -0.3 is 10.2 Å². The van der Waals surface area contributed by atoms with Gasteiger partial charge in [0.2, 0.25) is 11.0 Å². The second-order valence-corrected chi connectivity index (χ2v) is 8.79. The summed E-state index contributed by atoms with van der Waals surface area (Å²) < 4.78 is 0.767. The van der Waals surface area contributed by atoms with Gasteiger partial charge >= 0.3 is 0 Å². The lowest BCUT2D eigenvalue weighted by Gasteiger charge is -2.30. The summed E-state index contributed by atoms with van der Waals surface area (Å²) in [6.45, 7) is 10.1. The summed E-state index contributed by atoms with van der Waals surface area (Å²) in [6, 6.07) is 6.06. The number of halogens is 1. The largest absolute Gasteiger partial charge is 0.337 e. The van der Waals surface area contributed by atoms with E-state index < -0.39 is 0 Å². The molecule has 1 amide bonds. The van der Waals surface area contributed by atoms with Crippen LogP contribution in [0, 0.1) is 6.92 Å². The summed E-state index contributed by atoms with van der Waals surface area (Å²) in [5.41, 5.74) is 1.87. The Morgan fingerprint density at radius 3 is 2.60 bits per heavy atom. The number of nitrogens with one attached hydrogen (secondary N) is 1. The first kappa shape index (κ1) is 20.0. The maximum Gasteiger partial charge on any atom is 0.233 e. The molecular formula is C17H23ClN4OS2. The Labute approximate surface area is 162 Å². The summed E-state index contributed by atoms with van der Waals surface area (Å²) in [6.07, 6.45) is 0. The van der Waals surface area contributed by atoms with E-state index in [2.05, 4.69) is 15.5 Å². The lowest BCUT2D eigenvalue weighted by molar-refractivity contribution is -0.131. The number of carbonyl (C=O) groups excluding carboxylic acids is 1. The van der Waals surface area contributed by atoms with Crippen molar-refractivity contribution in [3.05, 3.63) is 28.8 Å². The Kier molecular flexibility index (Phi) is 7.10. The van der Waals surface area contributed by atoms with E-state index in [9.17, 15) is 4.79 Å². The Balaban J connectivity index is 1.97. The summed E-state index contributed by atoms with van der Waals surface area (Å²) >= 11 is 8.98. The molecule has 0 unspecified atom stereocenters. The second kappa shape index (κ2) is 8.87. The molecule has 0 radical (unpaired) electrons. The van der Waals surface area contributed by atoms with Gasteiger partial charge in [0.15, 0.2) is 4.34 Å². The van der Waals surface area contributed by atoms with Crippen LogP contribution in [0.25, 0.3) is 0 Å². The first-order valence-electron chi connectivity index (χ1n) is 8.09. The number of aromatic nitrogens is 2. The number of hydrogen-bond acceptors (Lipinski definition) is 6. The molecule has 0 fully saturated rings. The van der Waals surface area contributed by atoms with E-state index in [4.69, 9.17) is 11.6 Å². The van der Waals surface area contributed by atoms with E-state index in [-0.39, 0.29) is 18.0 Å². The number of anilines is 2. The number of hydrogen-bond donors (Lipinski definition) is 1. The van der Waals surface area contributed by atoms with Crippen LogP contribution in [0.3, 0.4) is 0 Å². The van der Waals surface area contributed by atoms with Crippen LogP contribution in [0.4, 0.5) is 10.8 Å². The summed E-state index contributed by atoms with van der Waals surface area (Å²) in [4.78, 5) is 14.3. The van der Waals surface area contributed by atoms with E-state index in [1.165, 1.54) is 23.1 Å². The van der Waals surface area contributed by atoms with Crippen LogP contribution < -0.4 is 5.32 Å². The number of nitrogens with zero attached hydrogens (tertiary/aromatic N) is 3. The van der Waals surface area contributed by atoms with Gasteiger partial charge in [-0.2, -0.15) is 0 Å². The van der Waals surface area contributed by atoms with Crippen molar-refractivity contribution in [2.75, 3.05) is 11.1 Å². The average molecular weight is 399 g/mol. The van der Waals surface area contributed by atoms with Gasteiger partial charge in [0.05, 0.1) is 5.75 Å². The maximum atomic E-state index is 12.4. The molecule has 8 heteroatoms. The van der Waals surface area contributed by atoms with Crippen LogP contribution >= 0.6 is 34.7 Å². The number of carbonyl (C=O) groups is 1.